The zero-order valence-electron chi connectivity index (χ0n) is 15.4. The predicted molar refractivity (Wildman–Crippen MR) is 101 cm³/mol. The number of carbonyl (C=O) groups excluding carboxylic acids is 1. The first-order valence-corrected chi connectivity index (χ1v) is 10.0. The molecule has 1 aromatic heterocycles. The van der Waals surface area contributed by atoms with Gasteiger partial charge in [0.05, 0.1) is 21.5 Å². The Hall–Kier alpha value is -1.83. The fraction of sp³-hybridized carbons (Fsp3) is 0.389. The van der Waals surface area contributed by atoms with Gasteiger partial charge in [0.15, 0.2) is 0 Å². The summed E-state index contributed by atoms with van der Waals surface area (Å²) in [5.74, 6) is 0.875. The SMILES string of the molecule is Cc1ccc(C(C)NC(=O)c2cc(S(=O)(=O)N(C)C(C)C)ccc2Cl)o1. The Bertz CT molecular complexity index is 906. The lowest BCUT2D eigenvalue weighted by atomic mass is 10.2. The van der Waals surface area contributed by atoms with Crippen LogP contribution >= 0.6 is 11.6 Å². The molecule has 6 nitrogen and oxygen atoms in total. The van der Waals surface area contributed by atoms with E-state index in [4.69, 9.17) is 16.0 Å². The molecule has 0 aliphatic rings. The molecule has 0 fully saturated rings. The van der Waals surface area contributed by atoms with Gasteiger partial charge in [0.1, 0.15) is 11.5 Å². The van der Waals surface area contributed by atoms with Crippen LogP contribution in [0, 0.1) is 6.92 Å². The van der Waals surface area contributed by atoms with E-state index in [0.29, 0.717) is 5.76 Å². The van der Waals surface area contributed by atoms with Gasteiger partial charge in [-0.15, -0.1) is 0 Å². The van der Waals surface area contributed by atoms with Crippen LogP contribution < -0.4 is 5.32 Å². The second kappa shape index (κ2) is 7.82. The van der Waals surface area contributed by atoms with E-state index in [0.717, 1.165) is 5.76 Å². The standard InChI is InChI=1S/C18H23ClN2O4S/c1-11(2)21(5)26(23,24)14-7-8-16(19)15(10-14)18(22)20-13(4)17-9-6-12(3)25-17/h6-11,13H,1-5H3,(H,20,22). The van der Waals surface area contributed by atoms with E-state index in [1.54, 1.807) is 32.9 Å². The predicted octanol–water partition coefficient (Wildman–Crippen LogP) is 3.76. The highest BCUT2D eigenvalue weighted by Crippen LogP contribution is 2.24. The summed E-state index contributed by atoms with van der Waals surface area (Å²) in [6.07, 6.45) is 0. The van der Waals surface area contributed by atoms with Gasteiger partial charge in [-0.05, 0) is 58.0 Å². The average Bonchev–Trinajstić information content (AvgIpc) is 3.00. The summed E-state index contributed by atoms with van der Waals surface area (Å²) in [5, 5.41) is 2.95. The zero-order valence-corrected chi connectivity index (χ0v) is 17.0. The van der Waals surface area contributed by atoms with Gasteiger partial charge in [-0.25, -0.2) is 8.42 Å². The summed E-state index contributed by atoms with van der Waals surface area (Å²) in [6.45, 7) is 7.13. The first-order chi connectivity index (χ1) is 12.0. The minimum Gasteiger partial charge on any atom is -0.464 e. The maximum absolute atomic E-state index is 12.6. The Morgan fingerprint density at radius 2 is 1.85 bits per heavy atom. The largest absolute Gasteiger partial charge is 0.464 e. The van der Waals surface area contributed by atoms with Crippen molar-refractivity contribution in [1.82, 2.24) is 9.62 Å². The van der Waals surface area contributed by atoms with Gasteiger partial charge in [0.2, 0.25) is 10.0 Å². The summed E-state index contributed by atoms with van der Waals surface area (Å²) in [6, 6.07) is 7.10. The Labute approximate surface area is 159 Å². The number of furan rings is 1. The number of nitrogens with zero attached hydrogens (tertiary/aromatic N) is 1. The van der Waals surface area contributed by atoms with E-state index in [9.17, 15) is 13.2 Å². The van der Waals surface area contributed by atoms with Crippen LogP contribution in [0.4, 0.5) is 0 Å². The summed E-state index contributed by atoms with van der Waals surface area (Å²) in [7, 11) is -2.22. The van der Waals surface area contributed by atoms with E-state index < -0.39 is 15.9 Å². The van der Waals surface area contributed by atoms with Gasteiger partial charge in [-0.2, -0.15) is 4.31 Å². The highest BCUT2D eigenvalue weighted by Gasteiger charge is 2.25. The summed E-state index contributed by atoms with van der Waals surface area (Å²) < 4.78 is 32.0. The van der Waals surface area contributed by atoms with E-state index in [1.165, 1.54) is 29.6 Å². The van der Waals surface area contributed by atoms with Crippen molar-refractivity contribution in [2.75, 3.05) is 7.05 Å². The second-order valence-corrected chi connectivity index (χ2v) is 8.80. The van der Waals surface area contributed by atoms with Crippen LogP contribution in [0.2, 0.25) is 5.02 Å². The van der Waals surface area contributed by atoms with Crippen molar-refractivity contribution in [3.8, 4) is 0 Å². The number of rotatable bonds is 6. The minimum absolute atomic E-state index is 0.0183. The molecule has 2 rings (SSSR count). The smallest absolute Gasteiger partial charge is 0.253 e. The third kappa shape index (κ3) is 4.28. The van der Waals surface area contributed by atoms with E-state index in [-0.39, 0.29) is 27.6 Å². The lowest BCUT2D eigenvalue weighted by Crippen LogP contribution is -2.33. The zero-order chi connectivity index (χ0) is 19.6. The summed E-state index contributed by atoms with van der Waals surface area (Å²) in [5.41, 5.74) is 0.0972. The van der Waals surface area contributed by atoms with E-state index >= 15 is 0 Å². The summed E-state index contributed by atoms with van der Waals surface area (Å²) in [4.78, 5) is 12.6. The maximum Gasteiger partial charge on any atom is 0.253 e. The quantitative estimate of drug-likeness (QED) is 0.803. The highest BCUT2D eigenvalue weighted by molar-refractivity contribution is 7.89. The topological polar surface area (TPSA) is 79.6 Å². The Morgan fingerprint density at radius 1 is 1.19 bits per heavy atom. The van der Waals surface area contributed by atoms with Crippen LogP contribution in [-0.2, 0) is 10.0 Å². The molecule has 1 unspecified atom stereocenters. The molecule has 0 saturated carbocycles. The van der Waals surface area contributed by atoms with Crippen LogP contribution in [0.1, 0.15) is 48.7 Å². The molecule has 1 N–H and O–H groups in total. The molecule has 142 valence electrons. The van der Waals surface area contributed by atoms with Crippen molar-refractivity contribution in [3.63, 3.8) is 0 Å². The van der Waals surface area contributed by atoms with E-state index in [2.05, 4.69) is 5.32 Å². The molecular weight excluding hydrogens is 376 g/mol. The van der Waals surface area contributed by atoms with Gasteiger partial charge in [0, 0.05) is 13.1 Å². The molecule has 8 heteroatoms. The number of halogens is 1. The van der Waals surface area contributed by atoms with Gasteiger partial charge in [-0.1, -0.05) is 11.6 Å². The normalized spacial score (nSPS) is 13.2. The molecule has 1 atom stereocenters. The van der Waals surface area contributed by atoms with Crippen LogP contribution in [0.3, 0.4) is 0 Å². The van der Waals surface area contributed by atoms with Crippen LogP contribution in [0.25, 0.3) is 0 Å². The first kappa shape index (κ1) is 20.5. The third-order valence-electron chi connectivity index (χ3n) is 4.12. The molecule has 1 aromatic carbocycles. The number of carbonyl (C=O) groups is 1. The molecule has 2 aromatic rings. The molecule has 1 heterocycles. The van der Waals surface area contributed by atoms with Crippen molar-refractivity contribution >= 4 is 27.5 Å². The molecule has 0 aliphatic heterocycles. The van der Waals surface area contributed by atoms with Crippen LogP contribution in [0.5, 0.6) is 0 Å². The number of benzene rings is 1. The Morgan fingerprint density at radius 3 is 2.38 bits per heavy atom. The Balaban J connectivity index is 2.30. The maximum atomic E-state index is 12.6. The van der Waals surface area contributed by atoms with Gasteiger partial charge >= 0.3 is 0 Å². The fourth-order valence-corrected chi connectivity index (χ4v) is 3.91. The molecule has 26 heavy (non-hydrogen) atoms. The van der Waals surface area contributed by atoms with Crippen molar-refractivity contribution in [1.29, 1.82) is 0 Å². The van der Waals surface area contributed by atoms with Crippen LogP contribution in [0.15, 0.2) is 39.6 Å². The van der Waals surface area contributed by atoms with Crippen molar-refractivity contribution in [2.45, 2.75) is 44.7 Å². The molecular formula is C18H23ClN2O4S. The average molecular weight is 399 g/mol. The fourth-order valence-electron chi connectivity index (χ4n) is 2.31. The van der Waals surface area contributed by atoms with Crippen molar-refractivity contribution in [3.05, 3.63) is 52.4 Å². The minimum atomic E-state index is -3.71. The van der Waals surface area contributed by atoms with Gasteiger partial charge < -0.3 is 9.73 Å². The van der Waals surface area contributed by atoms with Gasteiger partial charge in [-0.3, -0.25) is 4.79 Å². The Kier molecular flexibility index (Phi) is 6.16. The second-order valence-electron chi connectivity index (χ2n) is 6.40. The third-order valence-corrected chi connectivity index (χ3v) is 6.48. The lowest BCUT2D eigenvalue weighted by Gasteiger charge is -2.21. The van der Waals surface area contributed by atoms with E-state index in [1.807, 2.05) is 6.92 Å². The monoisotopic (exact) mass is 398 g/mol. The highest BCUT2D eigenvalue weighted by atomic mass is 35.5. The molecule has 0 bridgehead atoms. The number of nitrogens with one attached hydrogen (secondary N) is 1. The first-order valence-electron chi connectivity index (χ1n) is 8.18. The molecule has 0 spiro atoms. The molecule has 0 radical (unpaired) electrons. The number of aryl methyl sites for hydroxylation is 1. The number of hydrogen-bond donors (Lipinski definition) is 1. The van der Waals surface area contributed by atoms with Crippen molar-refractivity contribution in [2.24, 2.45) is 0 Å². The van der Waals surface area contributed by atoms with Crippen LogP contribution in [-0.4, -0.2) is 31.7 Å². The molecule has 0 saturated heterocycles. The summed E-state index contributed by atoms with van der Waals surface area (Å²) >= 11 is 6.12. The lowest BCUT2D eigenvalue weighted by molar-refractivity contribution is 0.0935. The number of hydrogen-bond acceptors (Lipinski definition) is 4. The van der Waals surface area contributed by atoms with Gasteiger partial charge in [0.25, 0.3) is 5.91 Å². The number of amides is 1. The molecule has 1 amide bonds. The molecule has 0 aliphatic carbocycles. The number of sulfonamides is 1. The van der Waals surface area contributed by atoms with Crippen molar-refractivity contribution < 1.29 is 17.6 Å².